The van der Waals surface area contributed by atoms with E-state index < -0.39 is 133 Å². The number of hydrogen-bond donors (Lipinski definition) is 11. The number of esters is 1. The summed E-state index contributed by atoms with van der Waals surface area (Å²) in [5, 5.41) is 117. The first kappa shape index (κ1) is 50.0. The van der Waals surface area contributed by atoms with Gasteiger partial charge in [-0.3, -0.25) is 4.79 Å². The summed E-state index contributed by atoms with van der Waals surface area (Å²) in [7, 11) is 0. The number of allylic oxidation sites excluding steroid dienone is 1. The van der Waals surface area contributed by atoms with Crippen LogP contribution in [-0.2, 0) is 33.2 Å². The normalized spacial score (nSPS) is 55.4. The standard InChI is InChI=1S/C47H76O18/c1-21-10-15-47(41(58)65-40-34(56)32(54)30(52)25(19-49)62-40)17-16-44(5)22(37(47)46(21,7)59)8-9-27-43(4)13-12-28(42(2,3)26(43)11-14-45(27,44)6)63-38-35(57)36(23(50)20-60-38)64-39-33(55)31(53)29(51)24(18-48)61-39/h8,21,23-40,48-57,59H,9-20H2,1-7H3/t21-,23+,24-,25-,26+,27-,28+,29-,30-,31+,32+,33-,34-,35-,36+,37-,38+,39+,40+,43+,44-,45-,46-,47+/m1/s1. The molecule has 3 heterocycles. The number of fused-ring (bicyclic) bond motifs is 7. The molecule has 0 unspecified atom stereocenters. The van der Waals surface area contributed by atoms with E-state index in [1.54, 1.807) is 0 Å². The number of rotatable bonds is 8. The van der Waals surface area contributed by atoms with Crippen LogP contribution < -0.4 is 0 Å². The molecule has 5 aliphatic carbocycles. The lowest BCUT2D eigenvalue weighted by atomic mass is 9.33. The van der Waals surface area contributed by atoms with E-state index in [2.05, 4.69) is 40.7 Å². The molecule has 0 amide bonds. The van der Waals surface area contributed by atoms with Gasteiger partial charge in [0.25, 0.3) is 0 Å². The van der Waals surface area contributed by atoms with Crippen molar-refractivity contribution in [1.82, 2.24) is 0 Å². The van der Waals surface area contributed by atoms with Gasteiger partial charge in [-0.1, -0.05) is 53.2 Å². The topological polar surface area (TPSA) is 295 Å². The first-order valence-corrected chi connectivity index (χ1v) is 23.9. The molecule has 65 heavy (non-hydrogen) atoms. The maximum absolute atomic E-state index is 14.7. The van der Waals surface area contributed by atoms with E-state index in [0.717, 1.165) is 24.8 Å². The van der Waals surface area contributed by atoms with Gasteiger partial charge in [-0.25, -0.2) is 0 Å². The van der Waals surface area contributed by atoms with Gasteiger partial charge in [0.15, 0.2) is 12.6 Å². The van der Waals surface area contributed by atoms with Crippen LogP contribution in [0.2, 0.25) is 0 Å². The third-order valence-electron chi connectivity index (χ3n) is 19.3. The van der Waals surface area contributed by atoms with E-state index in [4.69, 9.17) is 28.4 Å². The van der Waals surface area contributed by atoms with Gasteiger partial charge in [-0.2, -0.15) is 0 Å². The largest absolute Gasteiger partial charge is 0.432 e. The number of hydrogen-bond acceptors (Lipinski definition) is 18. The molecule has 0 radical (unpaired) electrons. The molecule has 24 atom stereocenters. The van der Waals surface area contributed by atoms with Crippen LogP contribution in [0.4, 0.5) is 0 Å². The van der Waals surface area contributed by atoms with Gasteiger partial charge in [0.2, 0.25) is 6.29 Å². The lowest BCUT2D eigenvalue weighted by Gasteiger charge is -2.72. The molecular formula is C47H76O18. The fraction of sp³-hybridized carbons (Fsp3) is 0.936. The SMILES string of the molecule is C[C@@H]1CC[C@]2(C(=O)O[C@@H]3O[C@H](CO)[C@@H](O)[C@H](O)[C@H]3O)CC[C@]3(C)C(=CC[C@@H]4[C@@]5(C)CC[C@H](O[C@@H]6OC[C@H](O)[C@H](O[C@@H]7O[C@H](CO)[C@@H](O)[C@H](O)[C@H]7O)[C@H]6O)C(C)(C)[C@@H]5CC[C@]43C)[C@@H]2[C@]1(C)O. The third kappa shape index (κ3) is 7.53. The number of ether oxygens (including phenoxy) is 6. The predicted molar refractivity (Wildman–Crippen MR) is 226 cm³/mol. The summed E-state index contributed by atoms with van der Waals surface area (Å²) in [6.07, 6.45) is -13.4. The van der Waals surface area contributed by atoms with Crippen molar-refractivity contribution >= 4 is 5.97 Å². The second-order valence-electron chi connectivity index (χ2n) is 22.7. The Labute approximate surface area is 380 Å². The number of carbonyl (C=O) groups is 1. The van der Waals surface area contributed by atoms with Crippen molar-refractivity contribution in [2.45, 2.75) is 204 Å². The van der Waals surface area contributed by atoms with Crippen molar-refractivity contribution in [2.75, 3.05) is 19.8 Å². The average molecular weight is 929 g/mol. The molecule has 8 aliphatic rings. The summed E-state index contributed by atoms with van der Waals surface area (Å²) >= 11 is 0. The van der Waals surface area contributed by atoms with Crippen LogP contribution >= 0.6 is 0 Å². The molecule has 0 aromatic carbocycles. The maximum atomic E-state index is 14.7. The van der Waals surface area contributed by atoms with Gasteiger partial charge in [-0.15, -0.1) is 0 Å². The highest BCUT2D eigenvalue weighted by Crippen LogP contribution is 2.76. The van der Waals surface area contributed by atoms with Gasteiger partial charge >= 0.3 is 5.97 Å². The zero-order chi connectivity index (χ0) is 47.6. The van der Waals surface area contributed by atoms with Crippen LogP contribution in [0.1, 0.15) is 106 Å². The highest BCUT2D eigenvalue weighted by molar-refractivity contribution is 5.79. The van der Waals surface area contributed by atoms with Crippen molar-refractivity contribution in [3.8, 4) is 0 Å². The quantitative estimate of drug-likeness (QED) is 0.0850. The zero-order valence-electron chi connectivity index (χ0n) is 38.8. The molecule has 18 nitrogen and oxygen atoms in total. The number of aliphatic hydroxyl groups is 11. The average Bonchev–Trinajstić information content (AvgIpc) is 3.25. The van der Waals surface area contributed by atoms with Crippen LogP contribution in [0, 0.1) is 50.7 Å². The second-order valence-corrected chi connectivity index (χ2v) is 22.7. The zero-order valence-corrected chi connectivity index (χ0v) is 38.8. The third-order valence-corrected chi connectivity index (χ3v) is 19.3. The van der Waals surface area contributed by atoms with Crippen LogP contribution in [0.5, 0.6) is 0 Å². The van der Waals surface area contributed by atoms with Gasteiger partial charge in [0, 0.05) is 5.92 Å². The molecule has 372 valence electrons. The van der Waals surface area contributed by atoms with Crippen LogP contribution in [0.25, 0.3) is 0 Å². The first-order valence-electron chi connectivity index (χ1n) is 23.9. The summed E-state index contributed by atoms with van der Waals surface area (Å²) in [5.74, 6) is -1.02. The lowest BCUT2D eigenvalue weighted by Crippen LogP contribution is -2.68. The molecule has 4 saturated carbocycles. The van der Waals surface area contributed by atoms with Crippen LogP contribution in [0.15, 0.2) is 11.6 Å². The summed E-state index contributed by atoms with van der Waals surface area (Å²) in [5.41, 5.74) is -2.68. The molecule has 11 N–H and O–H groups in total. The van der Waals surface area contributed by atoms with Crippen LogP contribution in [0.3, 0.4) is 0 Å². The fourth-order valence-electron chi connectivity index (χ4n) is 15.0. The smallest absolute Gasteiger partial charge is 0.315 e. The summed E-state index contributed by atoms with van der Waals surface area (Å²) in [6, 6.07) is 0. The summed E-state index contributed by atoms with van der Waals surface area (Å²) in [6.45, 7) is 13.7. The molecular weight excluding hydrogens is 852 g/mol. The summed E-state index contributed by atoms with van der Waals surface area (Å²) in [4.78, 5) is 14.7. The first-order chi connectivity index (χ1) is 30.3. The van der Waals surface area contributed by atoms with E-state index in [0.29, 0.717) is 38.5 Å². The Morgan fingerprint density at radius 2 is 1.31 bits per heavy atom. The molecule has 0 bridgehead atoms. The molecule has 0 spiro atoms. The van der Waals surface area contributed by atoms with Crippen LogP contribution in [-0.4, -0.2) is 180 Å². The van der Waals surface area contributed by atoms with Crippen molar-refractivity contribution in [3.63, 3.8) is 0 Å². The molecule has 3 aliphatic heterocycles. The van der Waals surface area contributed by atoms with E-state index in [1.807, 2.05) is 13.8 Å². The Balaban J connectivity index is 1.02. The Hall–Kier alpha value is -1.43. The summed E-state index contributed by atoms with van der Waals surface area (Å²) < 4.78 is 35.5. The predicted octanol–water partition coefficient (Wildman–Crippen LogP) is -0.250. The lowest BCUT2D eigenvalue weighted by molar-refractivity contribution is -0.357. The minimum Gasteiger partial charge on any atom is -0.432 e. The van der Waals surface area contributed by atoms with Crippen molar-refractivity contribution in [3.05, 3.63) is 11.6 Å². The Morgan fingerprint density at radius 3 is 1.94 bits per heavy atom. The maximum Gasteiger partial charge on any atom is 0.315 e. The molecule has 3 saturated heterocycles. The highest BCUT2D eigenvalue weighted by atomic mass is 16.7. The molecule has 0 aromatic heterocycles. The van der Waals surface area contributed by atoms with E-state index in [9.17, 15) is 61.0 Å². The Bertz CT molecular complexity index is 1770. The minimum absolute atomic E-state index is 0.150. The number of carbonyl (C=O) groups excluding carboxylic acids is 1. The molecule has 18 heteroatoms. The highest BCUT2D eigenvalue weighted by Gasteiger charge is 2.72. The molecule has 0 aromatic rings. The molecule has 7 fully saturated rings. The van der Waals surface area contributed by atoms with Gasteiger partial charge in [-0.05, 0) is 104 Å². The molecule has 8 rings (SSSR count). The Morgan fingerprint density at radius 1 is 0.692 bits per heavy atom. The van der Waals surface area contributed by atoms with E-state index in [-0.39, 0.29) is 41.3 Å². The Kier molecular flexibility index (Phi) is 13.4. The van der Waals surface area contributed by atoms with Crippen molar-refractivity contribution < 1.29 is 89.4 Å². The monoisotopic (exact) mass is 929 g/mol. The van der Waals surface area contributed by atoms with Gasteiger partial charge in [0.1, 0.15) is 67.1 Å². The number of aliphatic hydroxyl groups excluding tert-OH is 10. The van der Waals surface area contributed by atoms with Crippen molar-refractivity contribution in [2.24, 2.45) is 50.7 Å². The van der Waals surface area contributed by atoms with Gasteiger partial charge in [0.05, 0.1) is 36.9 Å². The van der Waals surface area contributed by atoms with E-state index >= 15 is 0 Å². The van der Waals surface area contributed by atoms with Crippen molar-refractivity contribution in [1.29, 1.82) is 0 Å². The minimum atomic E-state index is -1.75. The second kappa shape index (κ2) is 17.5. The van der Waals surface area contributed by atoms with E-state index in [1.165, 1.54) is 0 Å². The van der Waals surface area contributed by atoms with Gasteiger partial charge < -0.3 is 84.6 Å². The fourth-order valence-corrected chi connectivity index (χ4v) is 15.0.